The van der Waals surface area contributed by atoms with Gasteiger partial charge in [-0.2, -0.15) is 0 Å². The van der Waals surface area contributed by atoms with E-state index in [1.807, 2.05) is 0 Å². The third-order valence-electron chi connectivity index (χ3n) is 2.32. The molecule has 0 aliphatic carbocycles. The molecule has 1 N–H and O–H groups in total. The Morgan fingerprint density at radius 3 is 3.17 bits per heavy atom. The van der Waals surface area contributed by atoms with Gasteiger partial charge in [0.2, 0.25) is 0 Å². The topological polar surface area (TPSA) is 23.5 Å². The molecule has 1 aliphatic rings. The van der Waals surface area contributed by atoms with Crippen LogP contribution in [0.15, 0.2) is 11.9 Å². The molecule has 2 nitrogen and oxygen atoms in total. The predicted molar refractivity (Wildman–Crippen MR) is 46.5 cm³/mol. The summed E-state index contributed by atoms with van der Waals surface area (Å²) >= 11 is 0. The third kappa shape index (κ3) is 1.67. The summed E-state index contributed by atoms with van der Waals surface area (Å²) in [5.74, 6) is 0. The van der Waals surface area contributed by atoms with Gasteiger partial charge in [0.15, 0.2) is 0 Å². The Bertz CT molecular complexity index is 267. The van der Waals surface area contributed by atoms with E-state index in [-0.39, 0.29) is 12.1 Å². The van der Waals surface area contributed by atoms with Gasteiger partial charge in [0.1, 0.15) is 0 Å². The van der Waals surface area contributed by atoms with Crippen LogP contribution in [0.5, 0.6) is 0 Å². The second-order valence-electron chi connectivity index (χ2n) is 3.36. The molecule has 3 heteroatoms. The second-order valence-corrected chi connectivity index (χ2v) is 3.36. The molecule has 12 heavy (non-hydrogen) atoms. The zero-order valence-electron chi connectivity index (χ0n) is 10.2. The van der Waals surface area contributed by atoms with Crippen LogP contribution in [0, 0.1) is 5.41 Å². The lowest BCUT2D eigenvalue weighted by Gasteiger charge is -2.39. The lowest BCUT2D eigenvalue weighted by Crippen LogP contribution is -2.43. The van der Waals surface area contributed by atoms with Crippen molar-refractivity contribution < 1.29 is 13.6 Å². The van der Waals surface area contributed by atoms with Crippen LogP contribution in [0.2, 0.25) is 0 Å². The molecule has 0 bridgehead atoms. The van der Waals surface area contributed by atoms with Gasteiger partial charge in [-0.05, 0) is 19.0 Å². The summed E-state index contributed by atoms with van der Waals surface area (Å²) < 4.78 is 35.0. The molecule has 1 rings (SSSR count). The Morgan fingerprint density at radius 2 is 2.67 bits per heavy atom. The quantitative estimate of drug-likeness (QED) is 0.648. The molecule has 1 atom stereocenters. The van der Waals surface area contributed by atoms with Crippen molar-refractivity contribution in [3.63, 3.8) is 0 Å². The van der Waals surface area contributed by atoms with Crippen LogP contribution in [-0.4, -0.2) is 36.8 Å². The average molecular weight is 176 g/mol. The lowest BCUT2D eigenvalue weighted by molar-refractivity contribution is 0.102. The smallest absolute Gasteiger partial charge is 0.0866 e. The number of piperidine rings is 1. The van der Waals surface area contributed by atoms with Crippen molar-refractivity contribution in [3.05, 3.63) is 11.9 Å². The van der Waals surface area contributed by atoms with Crippen LogP contribution in [0.4, 0.5) is 4.39 Å². The fraction of sp³-hybridized carbons (Fsp3) is 0.778. The van der Waals surface area contributed by atoms with Crippen molar-refractivity contribution in [2.24, 2.45) is 5.41 Å². The van der Waals surface area contributed by atoms with Crippen molar-refractivity contribution >= 4 is 0 Å². The number of halogens is 1. The van der Waals surface area contributed by atoms with E-state index in [1.54, 1.807) is 11.9 Å². The summed E-state index contributed by atoms with van der Waals surface area (Å²) in [6, 6.07) is 0. The zero-order valence-corrected chi connectivity index (χ0v) is 7.18. The molecule has 0 aromatic carbocycles. The summed E-state index contributed by atoms with van der Waals surface area (Å²) in [5, 5.41) is 9.30. The maximum absolute atomic E-state index is 12.7. The van der Waals surface area contributed by atoms with Crippen LogP contribution in [-0.2, 0) is 0 Å². The number of aliphatic hydroxyl groups excluding tert-OH is 1. The molecular formula is C9H16FNO. The molecule has 1 heterocycles. The first-order chi connectivity index (χ1) is 6.87. The summed E-state index contributed by atoms with van der Waals surface area (Å²) in [4.78, 5) is 1.80. The van der Waals surface area contributed by atoms with Crippen LogP contribution < -0.4 is 0 Å². The van der Waals surface area contributed by atoms with Crippen LogP contribution in [0.1, 0.15) is 17.4 Å². The van der Waals surface area contributed by atoms with Gasteiger partial charge in [-0.15, -0.1) is 0 Å². The first-order valence-corrected chi connectivity index (χ1v) is 3.96. The number of nitrogens with zero attached hydrogens (tertiary/aromatic N) is 1. The van der Waals surface area contributed by atoms with Gasteiger partial charge in [0, 0.05) is 22.6 Å². The maximum atomic E-state index is 12.7. The molecule has 0 radical (unpaired) electrons. The highest BCUT2D eigenvalue weighted by Gasteiger charge is 2.33. The summed E-state index contributed by atoms with van der Waals surface area (Å²) in [5.41, 5.74) is -1.24. The second kappa shape index (κ2) is 3.54. The Kier molecular flexibility index (Phi) is 1.80. The minimum atomic E-state index is -2.38. The summed E-state index contributed by atoms with van der Waals surface area (Å²) in [6.07, 6.45) is 0.696. The number of hydrogen-bond acceptors (Lipinski definition) is 2. The molecule has 0 spiro atoms. The number of hydrogen-bond donors (Lipinski definition) is 1. The molecular weight excluding hydrogens is 157 g/mol. The largest absolute Gasteiger partial charge is 0.395 e. The first kappa shape index (κ1) is 6.11. The van der Waals surface area contributed by atoms with E-state index in [9.17, 15) is 9.50 Å². The number of rotatable bonds is 1. The highest BCUT2D eigenvalue weighted by molar-refractivity contribution is 5.15. The van der Waals surface area contributed by atoms with E-state index in [0.717, 1.165) is 0 Å². The average Bonchev–Trinajstić information content (AvgIpc) is 2.15. The van der Waals surface area contributed by atoms with E-state index in [2.05, 4.69) is 0 Å². The minimum Gasteiger partial charge on any atom is -0.395 e. The zero-order chi connectivity index (χ0) is 11.7. The standard InChI is InChI=1S/C9H16FNO/c1-9(7-12)6-11(2)4-3-8(9)5-10/h5,12H,3-4,6-7H2,1-2H3/b8-5+/t9-/m0/s1/i1D3. The Morgan fingerprint density at radius 1 is 1.92 bits per heavy atom. The molecule has 0 aromatic rings. The van der Waals surface area contributed by atoms with Crippen LogP contribution in [0.3, 0.4) is 0 Å². The fourth-order valence-corrected chi connectivity index (χ4v) is 1.50. The molecule has 0 aromatic heterocycles. The van der Waals surface area contributed by atoms with Gasteiger partial charge in [-0.1, -0.05) is 6.85 Å². The number of aliphatic hydroxyl groups is 1. The lowest BCUT2D eigenvalue weighted by atomic mass is 9.79. The minimum absolute atomic E-state index is 0.162. The highest BCUT2D eigenvalue weighted by atomic mass is 19.1. The highest BCUT2D eigenvalue weighted by Crippen LogP contribution is 2.33. The SMILES string of the molecule is [2H]C([2H])([2H])[C@@]1(CO)CN(C)CC/C1=C\F. The monoisotopic (exact) mass is 176 g/mol. The van der Waals surface area contributed by atoms with E-state index < -0.39 is 18.9 Å². The Labute approximate surface area is 76.9 Å². The van der Waals surface area contributed by atoms with Crippen molar-refractivity contribution in [1.29, 1.82) is 0 Å². The van der Waals surface area contributed by atoms with Crippen molar-refractivity contribution in [3.8, 4) is 0 Å². The maximum Gasteiger partial charge on any atom is 0.0866 e. The van der Waals surface area contributed by atoms with Crippen molar-refractivity contribution in [2.45, 2.75) is 13.3 Å². The van der Waals surface area contributed by atoms with Gasteiger partial charge in [-0.3, -0.25) is 0 Å². The molecule has 1 aliphatic heterocycles. The molecule has 1 fully saturated rings. The molecule has 0 amide bonds. The Balaban J connectivity index is 3.12. The third-order valence-corrected chi connectivity index (χ3v) is 2.32. The molecule has 1 saturated heterocycles. The van der Waals surface area contributed by atoms with Gasteiger partial charge in [0.25, 0.3) is 0 Å². The van der Waals surface area contributed by atoms with E-state index in [4.69, 9.17) is 4.11 Å². The van der Waals surface area contributed by atoms with Gasteiger partial charge in [-0.25, -0.2) is 4.39 Å². The van der Waals surface area contributed by atoms with E-state index in [0.29, 0.717) is 19.3 Å². The van der Waals surface area contributed by atoms with E-state index in [1.165, 1.54) is 0 Å². The van der Waals surface area contributed by atoms with Gasteiger partial charge >= 0.3 is 0 Å². The van der Waals surface area contributed by atoms with E-state index >= 15 is 0 Å². The predicted octanol–water partition coefficient (Wildman–Crippen LogP) is 1.17. The summed E-state index contributed by atoms with van der Waals surface area (Å²) in [7, 11) is 1.77. The van der Waals surface area contributed by atoms with Crippen LogP contribution in [0.25, 0.3) is 0 Å². The summed E-state index contributed by atoms with van der Waals surface area (Å²) in [6.45, 7) is -2.15. The van der Waals surface area contributed by atoms with Gasteiger partial charge in [0.05, 0.1) is 12.9 Å². The van der Waals surface area contributed by atoms with Gasteiger partial charge < -0.3 is 10.0 Å². The van der Waals surface area contributed by atoms with Crippen molar-refractivity contribution in [1.82, 2.24) is 4.90 Å². The van der Waals surface area contributed by atoms with Crippen molar-refractivity contribution in [2.75, 3.05) is 26.7 Å². The molecule has 0 saturated carbocycles. The number of likely N-dealkylation sites (tertiary alicyclic amines) is 1. The normalized spacial score (nSPS) is 40.6. The molecule has 70 valence electrons. The first-order valence-electron chi connectivity index (χ1n) is 5.46. The molecule has 0 unspecified atom stereocenters. The van der Waals surface area contributed by atoms with Crippen LogP contribution >= 0.6 is 0 Å². The fourth-order valence-electron chi connectivity index (χ4n) is 1.50. The Hall–Kier alpha value is -0.410.